The minimum absolute atomic E-state index is 0.0170. The molecule has 3 rings (SSSR count). The summed E-state index contributed by atoms with van der Waals surface area (Å²) in [7, 11) is -3.36. The van der Waals surface area contributed by atoms with Gasteiger partial charge in [0.15, 0.2) is 14.9 Å². The van der Waals surface area contributed by atoms with Crippen LogP contribution in [0.4, 0.5) is 5.69 Å². The van der Waals surface area contributed by atoms with Crippen LogP contribution in [0.3, 0.4) is 0 Å². The van der Waals surface area contributed by atoms with Crippen LogP contribution >= 0.6 is 0 Å². The van der Waals surface area contributed by atoms with Crippen molar-refractivity contribution < 1.29 is 13.2 Å². The Labute approximate surface area is 151 Å². The monoisotopic (exact) mass is 367 g/mol. The molecule has 1 heterocycles. The first-order chi connectivity index (χ1) is 12.5. The quantitative estimate of drug-likeness (QED) is 0.748. The summed E-state index contributed by atoms with van der Waals surface area (Å²) < 4.78 is 23.5. The molecule has 1 N–H and O–H groups in total. The summed E-state index contributed by atoms with van der Waals surface area (Å²) in [5.74, 6) is -0.205. The smallest absolute Gasteiger partial charge is 0.255 e. The number of anilines is 1. The number of carbonyl (C=O) groups is 1. The van der Waals surface area contributed by atoms with Gasteiger partial charge in [-0.3, -0.25) is 4.79 Å². The normalized spacial score (nSPS) is 11.1. The Kier molecular flexibility index (Phi) is 5.09. The molecule has 132 valence electrons. The molecular formula is C19H17N3O3S. The van der Waals surface area contributed by atoms with Gasteiger partial charge in [-0.1, -0.05) is 37.3 Å². The molecule has 1 amide bonds. The van der Waals surface area contributed by atoms with Crippen molar-refractivity contribution in [1.29, 1.82) is 0 Å². The summed E-state index contributed by atoms with van der Waals surface area (Å²) in [6, 6.07) is 19.1. The third-order valence-electron chi connectivity index (χ3n) is 3.81. The first-order valence-electron chi connectivity index (χ1n) is 8.03. The van der Waals surface area contributed by atoms with E-state index in [4.69, 9.17) is 0 Å². The van der Waals surface area contributed by atoms with Crippen LogP contribution in [0.1, 0.15) is 17.3 Å². The molecule has 7 heteroatoms. The molecular weight excluding hydrogens is 350 g/mol. The van der Waals surface area contributed by atoms with Gasteiger partial charge in [-0.2, -0.15) is 0 Å². The zero-order valence-corrected chi connectivity index (χ0v) is 14.9. The van der Waals surface area contributed by atoms with Gasteiger partial charge in [0.05, 0.1) is 11.4 Å². The lowest BCUT2D eigenvalue weighted by molar-refractivity contribution is 0.102. The van der Waals surface area contributed by atoms with Gasteiger partial charge in [0, 0.05) is 16.8 Å². The van der Waals surface area contributed by atoms with Crippen LogP contribution in [-0.2, 0) is 9.84 Å². The fourth-order valence-electron chi connectivity index (χ4n) is 2.30. The fraction of sp³-hybridized carbons (Fsp3) is 0.105. The number of hydrogen-bond donors (Lipinski definition) is 1. The highest BCUT2D eigenvalue weighted by atomic mass is 32.2. The zero-order valence-electron chi connectivity index (χ0n) is 14.1. The highest BCUT2D eigenvalue weighted by molar-refractivity contribution is 7.91. The first kappa shape index (κ1) is 17.8. The Morgan fingerprint density at radius 2 is 1.62 bits per heavy atom. The zero-order chi connectivity index (χ0) is 18.6. The number of amides is 1. The van der Waals surface area contributed by atoms with E-state index in [0.717, 1.165) is 5.56 Å². The maximum Gasteiger partial charge on any atom is 0.255 e. The summed E-state index contributed by atoms with van der Waals surface area (Å²) in [5, 5.41) is 10.6. The van der Waals surface area contributed by atoms with E-state index < -0.39 is 9.84 Å². The van der Waals surface area contributed by atoms with E-state index in [0.29, 0.717) is 16.9 Å². The van der Waals surface area contributed by atoms with Crippen LogP contribution in [0.5, 0.6) is 0 Å². The molecule has 26 heavy (non-hydrogen) atoms. The molecule has 0 saturated carbocycles. The van der Waals surface area contributed by atoms with Gasteiger partial charge in [-0.15, -0.1) is 10.2 Å². The number of sulfone groups is 1. The van der Waals surface area contributed by atoms with E-state index in [-0.39, 0.29) is 16.7 Å². The van der Waals surface area contributed by atoms with Gasteiger partial charge in [0.25, 0.3) is 5.91 Å². The average Bonchev–Trinajstić information content (AvgIpc) is 2.69. The van der Waals surface area contributed by atoms with E-state index in [1.807, 2.05) is 6.07 Å². The highest BCUT2D eigenvalue weighted by Crippen LogP contribution is 2.20. The second-order valence-corrected chi connectivity index (χ2v) is 7.78. The predicted octanol–water partition coefficient (Wildman–Crippen LogP) is 3.19. The Hall–Kier alpha value is -3.06. The number of hydrogen-bond acceptors (Lipinski definition) is 5. The van der Waals surface area contributed by atoms with Gasteiger partial charge >= 0.3 is 0 Å². The molecule has 0 unspecified atom stereocenters. The van der Waals surface area contributed by atoms with Crippen molar-refractivity contribution in [3.05, 3.63) is 72.3 Å². The van der Waals surface area contributed by atoms with Crippen molar-refractivity contribution in [3.8, 4) is 11.3 Å². The first-order valence-corrected chi connectivity index (χ1v) is 9.68. The van der Waals surface area contributed by atoms with Crippen LogP contribution in [0.2, 0.25) is 0 Å². The molecule has 0 aliphatic carbocycles. The topological polar surface area (TPSA) is 89.0 Å². The number of rotatable bonds is 5. The second kappa shape index (κ2) is 7.45. The summed E-state index contributed by atoms with van der Waals surface area (Å²) >= 11 is 0. The molecule has 0 fully saturated rings. The van der Waals surface area contributed by atoms with Gasteiger partial charge in [-0.05, 0) is 36.4 Å². The minimum Gasteiger partial charge on any atom is -0.322 e. The number of aromatic nitrogens is 2. The third-order valence-corrected chi connectivity index (χ3v) is 5.43. The summed E-state index contributed by atoms with van der Waals surface area (Å²) in [6.45, 7) is 1.56. The van der Waals surface area contributed by atoms with E-state index >= 15 is 0 Å². The lowest BCUT2D eigenvalue weighted by Gasteiger charge is -2.07. The largest absolute Gasteiger partial charge is 0.322 e. The second-order valence-electron chi connectivity index (χ2n) is 5.56. The SMILES string of the molecule is CCS(=O)(=O)c1ccc(-c2ccc(NC(=O)c3ccccc3)cc2)nn1. The molecule has 1 aromatic heterocycles. The maximum absolute atomic E-state index is 12.1. The fourth-order valence-corrected chi connectivity index (χ4v) is 3.04. The molecule has 0 bridgehead atoms. The Morgan fingerprint density at radius 3 is 2.19 bits per heavy atom. The van der Waals surface area contributed by atoms with Crippen molar-refractivity contribution in [2.75, 3.05) is 11.1 Å². The van der Waals surface area contributed by atoms with Gasteiger partial charge < -0.3 is 5.32 Å². The van der Waals surface area contributed by atoms with E-state index in [1.54, 1.807) is 61.5 Å². The molecule has 0 spiro atoms. The number of nitrogens with one attached hydrogen (secondary N) is 1. The van der Waals surface area contributed by atoms with Gasteiger partial charge in [-0.25, -0.2) is 8.42 Å². The molecule has 0 atom stereocenters. The minimum atomic E-state index is -3.36. The number of nitrogens with zero attached hydrogens (tertiary/aromatic N) is 2. The lowest BCUT2D eigenvalue weighted by Crippen LogP contribution is -2.11. The molecule has 0 aliphatic rings. The van der Waals surface area contributed by atoms with Crippen molar-refractivity contribution in [2.24, 2.45) is 0 Å². The van der Waals surface area contributed by atoms with Crippen molar-refractivity contribution in [2.45, 2.75) is 11.9 Å². The van der Waals surface area contributed by atoms with Crippen molar-refractivity contribution in [3.63, 3.8) is 0 Å². The Balaban J connectivity index is 1.74. The Morgan fingerprint density at radius 1 is 0.923 bits per heavy atom. The van der Waals surface area contributed by atoms with Crippen LogP contribution < -0.4 is 5.32 Å². The molecule has 0 saturated heterocycles. The van der Waals surface area contributed by atoms with E-state index in [1.165, 1.54) is 6.07 Å². The van der Waals surface area contributed by atoms with Crippen LogP contribution in [0, 0.1) is 0 Å². The molecule has 2 aromatic carbocycles. The van der Waals surface area contributed by atoms with Crippen molar-refractivity contribution in [1.82, 2.24) is 10.2 Å². The van der Waals surface area contributed by atoms with Gasteiger partial charge in [0.1, 0.15) is 0 Å². The number of benzene rings is 2. The van der Waals surface area contributed by atoms with Gasteiger partial charge in [0.2, 0.25) is 0 Å². The average molecular weight is 367 g/mol. The highest BCUT2D eigenvalue weighted by Gasteiger charge is 2.14. The lowest BCUT2D eigenvalue weighted by atomic mass is 10.1. The van der Waals surface area contributed by atoms with Crippen LogP contribution in [0.25, 0.3) is 11.3 Å². The summed E-state index contributed by atoms with van der Waals surface area (Å²) in [6.07, 6.45) is 0. The Bertz CT molecular complexity index is 1000. The van der Waals surface area contributed by atoms with Crippen LogP contribution in [0.15, 0.2) is 71.8 Å². The van der Waals surface area contributed by atoms with Crippen LogP contribution in [-0.4, -0.2) is 30.3 Å². The summed E-state index contributed by atoms with van der Waals surface area (Å²) in [5.41, 5.74) is 2.56. The van der Waals surface area contributed by atoms with E-state index in [9.17, 15) is 13.2 Å². The standard InChI is InChI=1S/C19H17N3O3S/c1-2-26(24,25)18-13-12-17(21-22-18)14-8-10-16(11-9-14)20-19(23)15-6-4-3-5-7-15/h3-13H,2H2,1H3,(H,20,23). The number of carbonyl (C=O) groups excluding carboxylic acids is 1. The molecule has 6 nitrogen and oxygen atoms in total. The molecule has 0 aliphatic heterocycles. The maximum atomic E-state index is 12.1. The molecule has 0 radical (unpaired) electrons. The van der Waals surface area contributed by atoms with E-state index in [2.05, 4.69) is 15.5 Å². The summed E-state index contributed by atoms with van der Waals surface area (Å²) in [4.78, 5) is 12.1. The molecule has 3 aromatic rings. The third kappa shape index (κ3) is 3.94. The van der Waals surface area contributed by atoms with Crippen molar-refractivity contribution >= 4 is 21.4 Å². The predicted molar refractivity (Wildman–Crippen MR) is 99.6 cm³/mol.